The highest BCUT2D eigenvalue weighted by Crippen LogP contribution is 2.65. The fraction of sp³-hybridized carbons (Fsp3) is 0.846. The summed E-state index contributed by atoms with van der Waals surface area (Å²) >= 11 is 0. The summed E-state index contributed by atoms with van der Waals surface area (Å²) in [4.78, 5) is 0. The van der Waals surface area contributed by atoms with Crippen molar-refractivity contribution in [1.82, 2.24) is 0 Å². The molecule has 0 aliphatic heterocycles. The summed E-state index contributed by atoms with van der Waals surface area (Å²) in [6, 6.07) is 0. The third-order valence-electron chi connectivity index (χ3n) is 3.85. The summed E-state index contributed by atoms with van der Waals surface area (Å²) in [6.45, 7) is 3.94. The predicted molar refractivity (Wildman–Crippen MR) is 81.3 cm³/mol. The van der Waals surface area contributed by atoms with Crippen LogP contribution in [0.1, 0.15) is 0 Å². The van der Waals surface area contributed by atoms with E-state index in [0.29, 0.717) is 6.54 Å². The van der Waals surface area contributed by atoms with Crippen LogP contribution in [0.4, 0.5) is 87.8 Å². The highest BCUT2D eigenvalue weighted by Gasteiger charge is 2.97. The molecule has 0 aliphatic carbocycles. The number of nitrogens with two attached hydrogens (primary N) is 1. The Morgan fingerprint density at radius 3 is 1.00 bits per heavy atom. The van der Waals surface area contributed by atoms with E-state index >= 15 is 0 Å². The molecule has 230 valence electrons. The third kappa shape index (κ3) is 5.45. The van der Waals surface area contributed by atoms with Gasteiger partial charge in [0, 0.05) is 6.54 Å². The average Bonchev–Trinajstić information content (AvgIpc) is 2.70. The van der Waals surface area contributed by atoms with Crippen molar-refractivity contribution in [3.63, 3.8) is 0 Å². The maximum atomic E-state index is 13.3. The van der Waals surface area contributed by atoms with Crippen LogP contribution in [0.3, 0.4) is 0 Å². The predicted octanol–water partition coefficient (Wildman–Crippen LogP) is 5.95. The van der Waals surface area contributed by atoms with Crippen molar-refractivity contribution < 1.29 is 101 Å². The maximum absolute atomic E-state index is 13.3. The van der Waals surface area contributed by atoms with Gasteiger partial charge in [0.1, 0.15) is 0 Å². The van der Waals surface area contributed by atoms with E-state index in [9.17, 15) is 96.2 Å². The van der Waals surface area contributed by atoms with Crippen LogP contribution in [0.25, 0.3) is 0 Å². The van der Waals surface area contributed by atoms with E-state index in [2.05, 4.69) is 6.58 Å². The molecule has 0 aromatic rings. The van der Waals surface area contributed by atoms with Gasteiger partial charge in [-0.3, -0.25) is 4.55 Å². The van der Waals surface area contributed by atoms with Gasteiger partial charge in [0.05, 0.1) is 0 Å². The molecule has 0 fully saturated rings. The van der Waals surface area contributed by atoms with Crippen LogP contribution < -0.4 is 5.73 Å². The number of rotatable bonds is 10. The SMILES string of the molecule is C=CCN.O=S(=O)(O)C(F)C(F)(F)C(F)(F)C(F)(F)C(F)(F)C(F)(F)C(F)(F)C(F)(F)C(F)(F)C(F)(F)F. The number of hydrogen-bond acceptors (Lipinski definition) is 3. The van der Waals surface area contributed by atoms with Gasteiger partial charge in [-0.25, -0.2) is 4.39 Å². The molecule has 3 N–H and O–H groups in total. The fourth-order valence-corrected chi connectivity index (χ4v) is 2.22. The van der Waals surface area contributed by atoms with E-state index in [0.717, 1.165) is 0 Å². The van der Waals surface area contributed by atoms with E-state index in [1.165, 1.54) is 0 Å². The Hall–Kier alpha value is -1.79. The Morgan fingerprint density at radius 2 is 0.816 bits per heavy atom. The molecule has 0 saturated heterocycles. The summed E-state index contributed by atoms with van der Waals surface area (Å²) in [6.07, 6.45) is -6.37. The van der Waals surface area contributed by atoms with E-state index in [4.69, 9.17) is 10.3 Å². The molecule has 0 rings (SSSR count). The van der Waals surface area contributed by atoms with E-state index in [1.54, 1.807) is 6.08 Å². The molecule has 0 spiro atoms. The van der Waals surface area contributed by atoms with Crippen molar-refractivity contribution in [3.05, 3.63) is 12.7 Å². The van der Waals surface area contributed by atoms with Crippen molar-refractivity contribution in [3.8, 4) is 0 Å². The molecule has 0 saturated carbocycles. The molecule has 38 heavy (non-hydrogen) atoms. The maximum Gasteiger partial charge on any atom is 0.460 e. The van der Waals surface area contributed by atoms with Crippen molar-refractivity contribution in [2.24, 2.45) is 5.73 Å². The molecule has 0 amide bonds. The minimum absolute atomic E-state index is 0.583. The van der Waals surface area contributed by atoms with Gasteiger partial charge in [-0.1, -0.05) is 6.08 Å². The van der Waals surface area contributed by atoms with E-state index < -0.39 is 69.2 Å². The lowest BCUT2D eigenvalue weighted by molar-refractivity contribution is -0.469. The monoisotopic (exact) mass is 639 g/mol. The van der Waals surface area contributed by atoms with Crippen LogP contribution >= 0.6 is 0 Å². The summed E-state index contributed by atoms with van der Waals surface area (Å²) in [7, 11) is -7.33. The first-order valence-corrected chi connectivity index (χ1v) is 9.58. The van der Waals surface area contributed by atoms with E-state index in [1.807, 2.05) is 0 Å². The minimum Gasteiger partial charge on any atom is -0.327 e. The largest absolute Gasteiger partial charge is 0.460 e. The van der Waals surface area contributed by atoms with Crippen LogP contribution in [0.2, 0.25) is 0 Å². The Labute approximate surface area is 196 Å². The highest BCUT2D eigenvalue weighted by atomic mass is 32.2. The Morgan fingerprint density at radius 1 is 0.605 bits per heavy atom. The van der Waals surface area contributed by atoms with Crippen molar-refractivity contribution in [2.75, 3.05) is 6.54 Å². The second kappa shape index (κ2) is 10.3. The zero-order chi connectivity index (χ0) is 32.0. The minimum atomic E-state index is -9.22. The molecule has 25 heteroatoms. The molecule has 0 aliphatic rings. The van der Waals surface area contributed by atoms with Crippen LogP contribution in [0.15, 0.2) is 12.7 Å². The molecule has 1 unspecified atom stereocenters. The van der Waals surface area contributed by atoms with Crippen molar-refractivity contribution in [2.45, 2.75) is 59.1 Å². The zero-order valence-electron chi connectivity index (χ0n) is 16.9. The number of halogens is 20. The first kappa shape index (κ1) is 38.4. The smallest absolute Gasteiger partial charge is 0.327 e. The number of alkyl halides is 20. The molecule has 0 bridgehead atoms. The Kier molecular flexibility index (Phi) is 10.4. The Bertz CT molecular complexity index is 940. The normalized spacial score (nSPS) is 16.5. The summed E-state index contributed by atoms with van der Waals surface area (Å²) in [5.41, 5.74) is -1.21. The third-order valence-corrected chi connectivity index (χ3v) is 4.67. The molecule has 4 nitrogen and oxygen atoms in total. The van der Waals surface area contributed by atoms with Gasteiger partial charge in [0.15, 0.2) is 0 Å². The van der Waals surface area contributed by atoms with Gasteiger partial charge in [-0.05, 0) is 0 Å². The van der Waals surface area contributed by atoms with Gasteiger partial charge in [-0.15, -0.1) is 6.58 Å². The van der Waals surface area contributed by atoms with Crippen LogP contribution in [0.5, 0.6) is 0 Å². The number of hydrogen-bond donors (Lipinski definition) is 2. The fourth-order valence-electron chi connectivity index (χ4n) is 1.70. The highest BCUT2D eigenvalue weighted by molar-refractivity contribution is 7.86. The molecular weight excluding hydrogens is 630 g/mol. The van der Waals surface area contributed by atoms with Gasteiger partial charge in [0.2, 0.25) is 0 Å². The second-order valence-electron chi connectivity index (χ2n) is 6.50. The van der Waals surface area contributed by atoms with Gasteiger partial charge in [-0.2, -0.15) is 91.8 Å². The lowest BCUT2D eigenvalue weighted by Gasteiger charge is -2.43. The van der Waals surface area contributed by atoms with Gasteiger partial charge < -0.3 is 5.73 Å². The molecule has 1 atom stereocenters. The summed E-state index contributed by atoms with van der Waals surface area (Å²) < 4.78 is 286. The molecule has 0 heterocycles. The average molecular weight is 639 g/mol. The summed E-state index contributed by atoms with van der Waals surface area (Å²) in [5, 5.41) is 0. The quantitative estimate of drug-likeness (QED) is 0.176. The van der Waals surface area contributed by atoms with Crippen molar-refractivity contribution >= 4 is 10.1 Å². The lowest BCUT2D eigenvalue weighted by atomic mass is 9.87. The standard InChI is InChI=1S/C10H2F20O3S.C3H7N/c11-1(34(31,32)33)2(12,13)3(14,15)4(16,17)5(18,19)6(20,21)7(22,23)8(24,25)9(26,27)10(28,29)30;1-2-3-4/h1H,(H,31,32,33);2H,1,3-4H2. The van der Waals surface area contributed by atoms with E-state index in [-0.39, 0.29) is 0 Å². The van der Waals surface area contributed by atoms with Crippen LogP contribution in [-0.2, 0) is 10.1 Å². The van der Waals surface area contributed by atoms with Crippen LogP contribution in [-0.4, -0.2) is 78.6 Å². The first-order chi connectivity index (χ1) is 16.1. The second-order valence-corrected chi connectivity index (χ2v) is 7.94. The molecule has 0 radical (unpaired) electrons. The zero-order valence-corrected chi connectivity index (χ0v) is 17.7. The summed E-state index contributed by atoms with van der Waals surface area (Å²) in [5.74, 6) is -70.6. The van der Waals surface area contributed by atoms with Crippen LogP contribution in [0, 0.1) is 0 Å². The van der Waals surface area contributed by atoms with Crippen molar-refractivity contribution in [1.29, 1.82) is 0 Å². The Balaban J connectivity index is 0. The van der Waals surface area contributed by atoms with Gasteiger partial charge in [0.25, 0.3) is 5.50 Å². The molecule has 0 aromatic carbocycles. The topological polar surface area (TPSA) is 80.4 Å². The first-order valence-electron chi connectivity index (χ1n) is 8.07. The molecular formula is C13H9F20NO3S. The molecule has 0 aromatic heterocycles. The lowest BCUT2D eigenvalue weighted by Crippen LogP contribution is -2.76. The van der Waals surface area contributed by atoms with Gasteiger partial charge >= 0.3 is 63.7 Å².